The van der Waals surface area contributed by atoms with Gasteiger partial charge in [-0.3, -0.25) is 4.90 Å². The molecule has 3 rings (SSSR count). The average molecular weight is 258 g/mol. The lowest BCUT2D eigenvalue weighted by atomic mass is 9.95. The first kappa shape index (κ1) is 13.0. The van der Waals surface area contributed by atoms with Gasteiger partial charge < -0.3 is 4.90 Å². The highest BCUT2D eigenvalue weighted by atomic mass is 15.3. The fourth-order valence-electron chi connectivity index (χ4n) is 3.72. The monoisotopic (exact) mass is 258 g/mol. The minimum atomic E-state index is 0.691. The lowest BCUT2D eigenvalue weighted by Gasteiger charge is -2.49. The summed E-state index contributed by atoms with van der Waals surface area (Å²) in [4.78, 5) is 5.41. The van der Waals surface area contributed by atoms with Gasteiger partial charge in [0.25, 0.3) is 0 Å². The van der Waals surface area contributed by atoms with Crippen molar-refractivity contribution in [1.29, 1.82) is 0 Å². The van der Waals surface area contributed by atoms with Gasteiger partial charge >= 0.3 is 0 Å². The molecule has 2 atom stereocenters. The predicted octanol–water partition coefficient (Wildman–Crippen LogP) is 3.45. The van der Waals surface area contributed by atoms with Crippen molar-refractivity contribution < 1.29 is 0 Å². The minimum Gasteiger partial charge on any atom is -0.366 e. The Morgan fingerprint density at radius 3 is 2.89 bits per heavy atom. The Bertz CT molecular complexity index is 429. The fourth-order valence-corrected chi connectivity index (χ4v) is 3.72. The van der Waals surface area contributed by atoms with Crippen LogP contribution in [0.15, 0.2) is 24.3 Å². The number of piperazine rings is 1. The summed E-state index contributed by atoms with van der Waals surface area (Å²) in [5, 5.41) is 0. The van der Waals surface area contributed by atoms with E-state index in [-0.39, 0.29) is 0 Å². The van der Waals surface area contributed by atoms with Crippen molar-refractivity contribution in [3.63, 3.8) is 0 Å². The van der Waals surface area contributed by atoms with E-state index in [1.807, 2.05) is 0 Å². The second kappa shape index (κ2) is 5.54. The summed E-state index contributed by atoms with van der Waals surface area (Å²) in [6.45, 7) is 8.33. The Labute approximate surface area is 117 Å². The fraction of sp³-hybridized carbons (Fsp3) is 0.647. The molecule has 2 fully saturated rings. The summed E-state index contributed by atoms with van der Waals surface area (Å²) >= 11 is 0. The van der Waals surface area contributed by atoms with E-state index in [2.05, 4.69) is 47.9 Å². The third-order valence-corrected chi connectivity index (χ3v) is 4.85. The zero-order chi connectivity index (χ0) is 13.2. The van der Waals surface area contributed by atoms with Crippen LogP contribution >= 0.6 is 0 Å². The van der Waals surface area contributed by atoms with E-state index in [1.165, 1.54) is 56.6 Å². The Morgan fingerprint density at radius 2 is 2.11 bits per heavy atom. The van der Waals surface area contributed by atoms with E-state index in [4.69, 9.17) is 0 Å². The van der Waals surface area contributed by atoms with E-state index >= 15 is 0 Å². The summed E-state index contributed by atoms with van der Waals surface area (Å²) in [6.07, 6.45) is 5.45. The molecule has 2 nitrogen and oxygen atoms in total. The van der Waals surface area contributed by atoms with Gasteiger partial charge in [-0.2, -0.15) is 0 Å². The van der Waals surface area contributed by atoms with Gasteiger partial charge in [-0.15, -0.1) is 0 Å². The lowest BCUT2D eigenvalue weighted by Crippen LogP contribution is -2.59. The Morgan fingerprint density at radius 1 is 1.21 bits per heavy atom. The van der Waals surface area contributed by atoms with Crippen LogP contribution in [0.4, 0.5) is 5.69 Å². The molecule has 0 amide bonds. The van der Waals surface area contributed by atoms with Crippen LogP contribution in [0.2, 0.25) is 0 Å². The first-order valence-corrected chi connectivity index (χ1v) is 7.85. The molecular formula is C17H26N2. The van der Waals surface area contributed by atoms with Gasteiger partial charge in [0.2, 0.25) is 0 Å². The molecule has 0 spiro atoms. The lowest BCUT2D eigenvalue weighted by molar-refractivity contribution is 0.111. The Balaban J connectivity index is 1.82. The summed E-state index contributed by atoms with van der Waals surface area (Å²) < 4.78 is 0. The average Bonchev–Trinajstić information content (AvgIpc) is 2.46. The number of hydrogen-bond acceptors (Lipinski definition) is 2. The van der Waals surface area contributed by atoms with Crippen molar-refractivity contribution in [2.75, 3.05) is 24.5 Å². The predicted molar refractivity (Wildman–Crippen MR) is 81.8 cm³/mol. The van der Waals surface area contributed by atoms with E-state index in [1.54, 1.807) is 0 Å². The van der Waals surface area contributed by atoms with Crippen LogP contribution in [0.25, 0.3) is 0 Å². The number of aryl methyl sites for hydroxylation is 1. The van der Waals surface area contributed by atoms with E-state index in [0.29, 0.717) is 6.04 Å². The molecule has 1 aromatic rings. The van der Waals surface area contributed by atoms with Gasteiger partial charge in [0.1, 0.15) is 0 Å². The third-order valence-electron chi connectivity index (χ3n) is 4.85. The van der Waals surface area contributed by atoms with Crippen molar-refractivity contribution in [2.45, 2.75) is 51.6 Å². The highest BCUT2D eigenvalue weighted by molar-refractivity contribution is 5.50. The summed E-state index contributed by atoms with van der Waals surface area (Å²) in [6, 6.07) is 10.5. The number of hydrogen-bond donors (Lipinski definition) is 0. The summed E-state index contributed by atoms with van der Waals surface area (Å²) in [7, 11) is 0. The molecule has 2 aliphatic heterocycles. The van der Waals surface area contributed by atoms with Crippen molar-refractivity contribution in [2.24, 2.45) is 0 Å². The van der Waals surface area contributed by atoms with Gasteiger partial charge in [0.15, 0.2) is 0 Å². The zero-order valence-electron chi connectivity index (χ0n) is 12.3. The summed E-state index contributed by atoms with van der Waals surface area (Å²) in [5.74, 6) is 0. The second-order valence-electron chi connectivity index (χ2n) is 6.20. The van der Waals surface area contributed by atoms with Gasteiger partial charge in [-0.1, -0.05) is 25.5 Å². The third kappa shape index (κ3) is 2.64. The topological polar surface area (TPSA) is 6.48 Å². The number of benzene rings is 1. The van der Waals surface area contributed by atoms with E-state index in [0.717, 1.165) is 6.04 Å². The quantitative estimate of drug-likeness (QED) is 0.801. The van der Waals surface area contributed by atoms with Crippen molar-refractivity contribution in [3.05, 3.63) is 29.8 Å². The number of nitrogens with zero attached hydrogens (tertiary/aromatic N) is 2. The zero-order valence-corrected chi connectivity index (χ0v) is 12.3. The van der Waals surface area contributed by atoms with Crippen LogP contribution < -0.4 is 4.90 Å². The molecule has 0 bridgehead atoms. The van der Waals surface area contributed by atoms with E-state index < -0.39 is 0 Å². The molecule has 2 heteroatoms. The highest BCUT2D eigenvalue weighted by Gasteiger charge is 2.34. The number of anilines is 1. The molecule has 2 saturated heterocycles. The van der Waals surface area contributed by atoms with Gasteiger partial charge in [0.05, 0.1) is 0 Å². The number of fused-ring (bicyclic) bond motifs is 1. The van der Waals surface area contributed by atoms with E-state index in [9.17, 15) is 0 Å². The summed E-state index contributed by atoms with van der Waals surface area (Å²) in [5.41, 5.74) is 2.80. The van der Waals surface area contributed by atoms with Crippen molar-refractivity contribution in [1.82, 2.24) is 4.90 Å². The van der Waals surface area contributed by atoms with Crippen LogP contribution in [-0.4, -0.2) is 36.6 Å². The standard InChI is InChI=1S/C17H26N2/c1-3-15-12-18-10-5-4-8-17(18)13-19(15)16-9-6-7-14(2)11-16/h6-7,9,11,15,17H,3-5,8,10,12-13H2,1-2H3. The van der Waals surface area contributed by atoms with Crippen LogP contribution in [-0.2, 0) is 0 Å². The molecule has 0 N–H and O–H groups in total. The van der Waals surface area contributed by atoms with Crippen LogP contribution in [0.3, 0.4) is 0 Å². The van der Waals surface area contributed by atoms with Gasteiger partial charge in [0, 0.05) is 30.9 Å². The normalized spacial score (nSPS) is 28.2. The molecule has 0 aliphatic carbocycles. The molecule has 2 heterocycles. The molecule has 19 heavy (non-hydrogen) atoms. The maximum absolute atomic E-state index is 2.74. The largest absolute Gasteiger partial charge is 0.366 e. The van der Waals surface area contributed by atoms with Gasteiger partial charge in [-0.05, 0) is 50.4 Å². The van der Waals surface area contributed by atoms with Crippen molar-refractivity contribution >= 4 is 5.69 Å². The Hall–Kier alpha value is -1.02. The minimum absolute atomic E-state index is 0.691. The van der Waals surface area contributed by atoms with Gasteiger partial charge in [-0.25, -0.2) is 0 Å². The number of piperidine rings is 1. The molecule has 0 saturated carbocycles. The molecule has 2 aliphatic rings. The maximum atomic E-state index is 2.74. The SMILES string of the molecule is CCC1CN2CCCCC2CN1c1cccc(C)c1. The number of rotatable bonds is 2. The first-order valence-electron chi connectivity index (χ1n) is 7.85. The molecular weight excluding hydrogens is 232 g/mol. The molecule has 0 aromatic heterocycles. The van der Waals surface area contributed by atoms with Crippen LogP contribution in [0, 0.1) is 6.92 Å². The van der Waals surface area contributed by atoms with Crippen LogP contribution in [0.5, 0.6) is 0 Å². The first-order chi connectivity index (χ1) is 9.28. The van der Waals surface area contributed by atoms with Crippen LogP contribution in [0.1, 0.15) is 38.2 Å². The maximum Gasteiger partial charge on any atom is 0.0415 e. The van der Waals surface area contributed by atoms with Crippen molar-refractivity contribution in [3.8, 4) is 0 Å². The molecule has 1 aromatic carbocycles. The molecule has 0 radical (unpaired) electrons. The second-order valence-corrected chi connectivity index (χ2v) is 6.20. The molecule has 2 unspecified atom stereocenters. The smallest absolute Gasteiger partial charge is 0.0415 e. The Kier molecular flexibility index (Phi) is 3.79. The highest BCUT2D eigenvalue weighted by Crippen LogP contribution is 2.29. The molecule has 104 valence electrons.